The fraction of sp³-hybridized carbons (Fsp3) is 0.231. The molecule has 1 heterocycles. The van der Waals surface area contributed by atoms with Gasteiger partial charge in [0.1, 0.15) is 18.1 Å². The van der Waals surface area contributed by atoms with Crippen LogP contribution in [0.1, 0.15) is 5.56 Å². The van der Waals surface area contributed by atoms with Crippen LogP contribution in [0.3, 0.4) is 0 Å². The maximum atomic E-state index is 13.8. The zero-order valence-corrected chi connectivity index (χ0v) is 19.7. The normalized spacial score (nSPS) is 12.5. The lowest BCUT2D eigenvalue weighted by Gasteiger charge is -2.32. The van der Waals surface area contributed by atoms with Crippen molar-refractivity contribution in [2.24, 2.45) is 5.73 Å². The maximum Gasteiger partial charge on any atom is 0.247 e. The molecule has 3 N–H and O–H groups in total. The fourth-order valence-corrected chi connectivity index (χ4v) is 3.64. The monoisotopic (exact) mass is 474 g/mol. The van der Waals surface area contributed by atoms with E-state index in [1.807, 2.05) is 54.6 Å². The molecule has 3 aromatic rings. The van der Waals surface area contributed by atoms with Gasteiger partial charge in [-0.05, 0) is 35.5 Å². The van der Waals surface area contributed by atoms with Gasteiger partial charge in [-0.25, -0.2) is 4.68 Å². The predicted molar refractivity (Wildman–Crippen MR) is 135 cm³/mol. The second-order valence-corrected chi connectivity index (χ2v) is 7.69. The van der Waals surface area contributed by atoms with E-state index < -0.39 is 6.04 Å². The Balaban J connectivity index is 2.01. The van der Waals surface area contributed by atoms with E-state index in [-0.39, 0.29) is 24.9 Å². The number of hydrogen-bond donors (Lipinski definition) is 2. The molecule has 182 valence electrons. The molecule has 9 nitrogen and oxygen atoms in total. The van der Waals surface area contributed by atoms with Gasteiger partial charge in [-0.1, -0.05) is 66.4 Å². The van der Waals surface area contributed by atoms with Crippen molar-refractivity contribution in [3.8, 4) is 0 Å². The summed E-state index contributed by atoms with van der Waals surface area (Å²) in [7, 11) is 1.55. The van der Waals surface area contributed by atoms with Crippen molar-refractivity contribution in [2.75, 3.05) is 20.3 Å². The fourth-order valence-electron chi connectivity index (χ4n) is 3.64. The van der Waals surface area contributed by atoms with Gasteiger partial charge in [-0.2, -0.15) is 0 Å². The van der Waals surface area contributed by atoms with Crippen molar-refractivity contribution in [3.63, 3.8) is 0 Å². The summed E-state index contributed by atoms with van der Waals surface area (Å²) in [4.78, 5) is 28.7. The molecule has 3 rings (SSSR count). The van der Waals surface area contributed by atoms with Gasteiger partial charge >= 0.3 is 0 Å². The molecule has 1 aromatic heterocycles. The summed E-state index contributed by atoms with van der Waals surface area (Å²) < 4.78 is 6.60. The molecule has 0 bridgehead atoms. The Morgan fingerprint density at radius 1 is 1.20 bits per heavy atom. The number of nitrogens with one attached hydrogen (secondary N) is 1. The molecular weight excluding hydrogens is 444 g/mol. The number of methoxy groups -OCH3 is 1. The summed E-state index contributed by atoms with van der Waals surface area (Å²) in [5.41, 5.74) is 8.34. The number of benzene rings is 2. The number of aromatic nitrogens is 3. The number of allylic oxidation sites excluding steroid dienone is 2. The van der Waals surface area contributed by atoms with Gasteiger partial charge in [-0.15, -0.1) is 5.10 Å². The van der Waals surface area contributed by atoms with Crippen molar-refractivity contribution >= 4 is 22.8 Å². The molecule has 35 heavy (non-hydrogen) atoms. The van der Waals surface area contributed by atoms with E-state index in [2.05, 4.69) is 22.2 Å². The van der Waals surface area contributed by atoms with E-state index in [1.165, 1.54) is 15.8 Å². The number of amides is 2. The third-order valence-corrected chi connectivity index (χ3v) is 5.34. The number of carbonyl (C=O) groups is 2. The van der Waals surface area contributed by atoms with Crippen LogP contribution >= 0.6 is 0 Å². The molecule has 0 radical (unpaired) electrons. The Hall–Kier alpha value is -4.24. The molecule has 0 aliphatic carbocycles. The van der Waals surface area contributed by atoms with Crippen LogP contribution in [-0.2, 0) is 27.4 Å². The average molecular weight is 475 g/mol. The first-order valence-corrected chi connectivity index (χ1v) is 11.2. The Morgan fingerprint density at radius 3 is 2.66 bits per heavy atom. The lowest BCUT2D eigenvalue weighted by molar-refractivity contribution is -0.140. The minimum Gasteiger partial charge on any atom is -0.405 e. The highest BCUT2D eigenvalue weighted by Gasteiger charge is 2.32. The number of ether oxygens (including phenoxy) is 1. The lowest BCUT2D eigenvalue weighted by atomic mass is 10.0. The van der Waals surface area contributed by atoms with E-state index in [4.69, 9.17) is 10.5 Å². The molecule has 2 amide bonds. The first-order chi connectivity index (χ1) is 17.1. The van der Waals surface area contributed by atoms with Crippen LogP contribution in [0.2, 0.25) is 0 Å². The van der Waals surface area contributed by atoms with Crippen LogP contribution in [0.4, 0.5) is 0 Å². The van der Waals surface area contributed by atoms with E-state index in [0.717, 1.165) is 11.1 Å². The van der Waals surface area contributed by atoms with Crippen molar-refractivity contribution in [1.29, 1.82) is 0 Å². The van der Waals surface area contributed by atoms with Crippen molar-refractivity contribution in [2.45, 2.75) is 19.1 Å². The molecule has 0 saturated heterocycles. The topological polar surface area (TPSA) is 115 Å². The molecule has 9 heteroatoms. The van der Waals surface area contributed by atoms with Crippen molar-refractivity contribution < 1.29 is 14.3 Å². The van der Waals surface area contributed by atoms with E-state index >= 15 is 0 Å². The quantitative estimate of drug-likeness (QED) is 0.307. The summed E-state index contributed by atoms with van der Waals surface area (Å²) in [6.07, 6.45) is 6.18. The SMILES string of the molecule is C=C/C(=C\C=C/N)C(C(=O)NCCOC)N(Cc1ccccc1)C(=O)Cn1nnc2ccccc21. The molecule has 1 atom stereocenters. The summed E-state index contributed by atoms with van der Waals surface area (Å²) in [6.45, 7) is 4.61. The number of nitrogens with two attached hydrogens (primary N) is 1. The number of carbonyl (C=O) groups excluding carboxylic acids is 2. The largest absolute Gasteiger partial charge is 0.405 e. The number of nitrogens with zero attached hydrogens (tertiary/aromatic N) is 4. The molecule has 1 unspecified atom stereocenters. The van der Waals surface area contributed by atoms with E-state index in [9.17, 15) is 9.59 Å². The summed E-state index contributed by atoms with van der Waals surface area (Å²) in [6, 6.07) is 15.9. The Bertz CT molecular complexity index is 1200. The predicted octanol–water partition coefficient (Wildman–Crippen LogP) is 2.18. The first kappa shape index (κ1) is 25.4. The van der Waals surface area contributed by atoms with E-state index in [0.29, 0.717) is 24.2 Å². The van der Waals surface area contributed by atoms with Gasteiger partial charge in [0.25, 0.3) is 0 Å². The molecule has 2 aromatic carbocycles. The Kier molecular flexibility index (Phi) is 9.32. The van der Waals surface area contributed by atoms with Gasteiger partial charge in [0.2, 0.25) is 11.8 Å². The van der Waals surface area contributed by atoms with Crippen LogP contribution in [0, 0.1) is 0 Å². The van der Waals surface area contributed by atoms with Gasteiger partial charge in [0.15, 0.2) is 0 Å². The number of para-hydroxylation sites is 1. The number of fused-ring (bicyclic) bond motifs is 1. The molecule has 0 saturated carbocycles. The van der Waals surface area contributed by atoms with Crippen LogP contribution in [0.15, 0.2) is 91.2 Å². The lowest BCUT2D eigenvalue weighted by Crippen LogP contribution is -2.51. The third kappa shape index (κ3) is 6.64. The van der Waals surface area contributed by atoms with Gasteiger partial charge < -0.3 is 20.7 Å². The van der Waals surface area contributed by atoms with Gasteiger partial charge in [-0.3, -0.25) is 9.59 Å². The zero-order chi connectivity index (χ0) is 25.0. The molecule has 0 aliphatic heterocycles. The van der Waals surface area contributed by atoms with Crippen LogP contribution in [0.25, 0.3) is 11.0 Å². The first-order valence-electron chi connectivity index (χ1n) is 11.2. The highest BCUT2D eigenvalue weighted by atomic mass is 16.5. The average Bonchev–Trinajstić information content (AvgIpc) is 3.29. The molecule has 0 spiro atoms. The standard InChI is InChI=1S/C26H30N6O3/c1-3-21(12-9-15-27)25(26(34)28-16-17-35-2)31(18-20-10-5-4-6-11-20)24(33)19-32-23-14-8-7-13-22(23)29-30-32/h3-15,25H,1,16-19,27H2,2H3,(H,28,34)/b15-9-,21-12+. The Morgan fingerprint density at radius 2 is 1.94 bits per heavy atom. The van der Waals surface area contributed by atoms with E-state index in [1.54, 1.807) is 25.3 Å². The van der Waals surface area contributed by atoms with Crippen LogP contribution in [0.5, 0.6) is 0 Å². The minimum atomic E-state index is -0.956. The minimum absolute atomic E-state index is 0.0909. The summed E-state index contributed by atoms with van der Waals surface area (Å²) >= 11 is 0. The van der Waals surface area contributed by atoms with Gasteiger partial charge in [0.05, 0.1) is 12.1 Å². The second-order valence-electron chi connectivity index (χ2n) is 7.69. The second kappa shape index (κ2) is 12.9. The van der Waals surface area contributed by atoms with Crippen LogP contribution < -0.4 is 11.1 Å². The maximum absolute atomic E-state index is 13.8. The summed E-state index contributed by atoms with van der Waals surface area (Å²) in [5.74, 6) is -0.660. The van der Waals surface area contributed by atoms with Crippen LogP contribution in [-0.4, -0.2) is 58.0 Å². The molecule has 0 fully saturated rings. The number of rotatable bonds is 12. The highest BCUT2D eigenvalue weighted by Crippen LogP contribution is 2.19. The third-order valence-electron chi connectivity index (χ3n) is 5.34. The van der Waals surface area contributed by atoms with Crippen molar-refractivity contribution in [3.05, 3.63) is 96.7 Å². The van der Waals surface area contributed by atoms with Gasteiger partial charge in [0, 0.05) is 20.2 Å². The number of hydrogen-bond acceptors (Lipinski definition) is 6. The summed E-state index contributed by atoms with van der Waals surface area (Å²) in [5, 5.41) is 11.1. The molecular formula is C26H30N6O3. The molecule has 0 aliphatic rings. The zero-order valence-electron chi connectivity index (χ0n) is 19.7. The smallest absolute Gasteiger partial charge is 0.247 e. The van der Waals surface area contributed by atoms with Crippen molar-refractivity contribution in [1.82, 2.24) is 25.2 Å². The highest BCUT2D eigenvalue weighted by molar-refractivity contribution is 5.91. The Labute approximate surface area is 204 Å².